The first-order valence-electron chi connectivity index (χ1n) is 8.99. The molecule has 0 bridgehead atoms. The van der Waals surface area contributed by atoms with E-state index < -0.39 is 0 Å². The highest BCUT2D eigenvalue weighted by atomic mass is 35.5. The minimum Gasteiger partial charge on any atom is -0.451 e. The minimum atomic E-state index is -0.241. The van der Waals surface area contributed by atoms with Gasteiger partial charge in [-0.25, -0.2) is 0 Å². The molecular weight excluding hydrogens is 382 g/mol. The molecule has 8 heteroatoms. The molecule has 0 aliphatic carbocycles. The number of rotatable bonds is 3. The van der Waals surface area contributed by atoms with Gasteiger partial charge in [-0.3, -0.25) is 14.5 Å². The van der Waals surface area contributed by atoms with E-state index in [0.29, 0.717) is 24.1 Å². The number of carbonyl (C=O) groups is 1. The number of aromatic nitrogens is 1. The molecule has 0 spiro atoms. The molecule has 1 amide bonds. The highest BCUT2D eigenvalue weighted by Crippen LogP contribution is 2.18. The predicted molar refractivity (Wildman–Crippen MR) is 107 cm³/mol. The molecule has 4 rings (SSSR count). The predicted octanol–water partition coefficient (Wildman–Crippen LogP) is 2.78. The molecule has 2 aromatic heterocycles. The van der Waals surface area contributed by atoms with Gasteiger partial charge < -0.3 is 13.8 Å². The summed E-state index contributed by atoms with van der Waals surface area (Å²) in [5.74, 6) is 0.691. The van der Waals surface area contributed by atoms with E-state index in [-0.39, 0.29) is 29.5 Å². The van der Waals surface area contributed by atoms with Gasteiger partial charge in [-0.05, 0) is 26.0 Å². The Morgan fingerprint density at radius 3 is 2.54 bits per heavy atom. The number of benzene rings is 1. The third-order valence-corrected chi connectivity index (χ3v) is 5.07. The Morgan fingerprint density at radius 1 is 1.14 bits per heavy atom. The first-order valence-corrected chi connectivity index (χ1v) is 8.99. The lowest BCUT2D eigenvalue weighted by atomic mass is 10.1. The number of hydrogen-bond donors (Lipinski definition) is 0. The highest BCUT2D eigenvalue weighted by Gasteiger charge is 2.25. The zero-order valence-corrected chi connectivity index (χ0v) is 16.6. The smallest absolute Gasteiger partial charge is 0.289 e. The highest BCUT2D eigenvalue weighted by molar-refractivity contribution is 5.93. The third-order valence-electron chi connectivity index (χ3n) is 5.07. The molecule has 0 radical (unpaired) electrons. The summed E-state index contributed by atoms with van der Waals surface area (Å²) in [6.45, 7) is 7.26. The van der Waals surface area contributed by atoms with Gasteiger partial charge >= 0.3 is 0 Å². The van der Waals surface area contributed by atoms with E-state index in [0.717, 1.165) is 36.7 Å². The van der Waals surface area contributed by atoms with E-state index in [2.05, 4.69) is 10.1 Å². The van der Waals surface area contributed by atoms with Gasteiger partial charge in [-0.2, -0.15) is 0 Å². The van der Waals surface area contributed by atoms with Gasteiger partial charge in [-0.15, -0.1) is 12.4 Å². The van der Waals surface area contributed by atoms with Crippen molar-refractivity contribution in [3.8, 4) is 0 Å². The van der Waals surface area contributed by atoms with Crippen molar-refractivity contribution in [2.75, 3.05) is 26.2 Å². The summed E-state index contributed by atoms with van der Waals surface area (Å²) in [4.78, 5) is 29.0. The molecule has 148 valence electrons. The number of halogens is 1. The van der Waals surface area contributed by atoms with Gasteiger partial charge in [0.25, 0.3) is 5.91 Å². The molecule has 1 saturated heterocycles. The lowest BCUT2D eigenvalue weighted by Gasteiger charge is -2.34. The fourth-order valence-electron chi connectivity index (χ4n) is 3.43. The molecule has 0 N–H and O–H groups in total. The minimum absolute atomic E-state index is 0. The average Bonchev–Trinajstić information content (AvgIpc) is 3.00. The van der Waals surface area contributed by atoms with Crippen LogP contribution in [-0.2, 0) is 6.54 Å². The summed E-state index contributed by atoms with van der Waals surface area (Å²) in [6, 6.07) is 8.25. The third kappa shape index (κ3) is 3.81. The van der Waals surface area contributed by atoms with Crippen LogP contribution in [0.4, 0.5) is 0 Å². The van der Waals surface area contributed by atoms with Crippen LogP contribution in [0.1, 0.15) is 27.6 Å². The monoisotopic (exact) mass is 403 g/mol. The number of piperazine rings is 1. The molecule has 0 saturated carbocycles. The summed E-state index contributed by atoms with van der Waals surface area (Å²) in [5.41, 5.74) is 2.25. The molecular formula is C20H22ClN3O4. The largest absolute Gasteiger partial charge is 0.451 e. The maximum absolute atomic E-state index is 12.8. The number of amides is 1. The van der Waals surface area contributed by atoms with Crippen molar-refractivity contribution in [2.45, 2.75) is 20.4 Å². The number of fused-ring (bicyclic) bond motifs is 1. The first-order chi connectivity index (χ1) is 13.0. The second-order valence-electron chi connectivity index (χ2n) is 6.84. The van der Waals surface area contributed by atoms with E-state index in [9.17, 15) is 9.59 Å². The van der Waals surface area contributed by atoms with E-state index in [1.807, 2.05) is 13.8 Å². The van der Waals surface area contributed by atoms with E-state index >= 15 is 0 Å². The Bertz CT molecular complexity index is 1030. The Balaban J connectivity index is 0.00000225. The molecule has 1 fully saturated rings. The zero-order chi connectivity index (χ0) is 19.0. The number of para-hydroxylation sites is 1. The van der Waals surface area contributed by atoms with Gasteiger partial charge in [0, 0.05) is 44.4 Å². The Labute approximate surface area is 168 Å². The molecule has 0 atom stereocenters. The molecule has 3 aromatic rings. The quantitative estimate of drug-likeness (QED) is 0.669. The first kappa shape index (κ1) is 20.1. The lowest BCUT2D eigenvalue weighted by Crippen LogP contribution is -2.48. The van der Waals surface area contributed by atoms with Gasteiger partial charge in [0.1, 0.15) is 11.3 Å². The molecule has 28 heavy (non-hydrogen) atoms. The Kier molecular flexibility index (Phi) is 5.86. The zero-order valence-electron chi connectivity index (χ0n) is 15.8. The van der Waals surface area contributed by atoms with E-state index in [4.69, 9.17) is 8.94 Å². The molecule has 1 aromatic carbocycles. The van der Waals surface area contributed by atoms with Crippen LogP contribution in [0.3, 0.4) is 0 Å². The summed E-state index contributed by atoms with van der Waals surface area (Å²) in [6.07, 6.45) is 0. The standard InChI is InChI=1S/C20H21N3O4.ClH/c1-13-16(14(2)27-21-13)12-22-7-9-23(10-8-22)20(25)19-11-17(24)15-5-3-4-6-18(15)26-19;/h3-6,11H,7-10,12H2,1-2H3;1H. The van der Waals surface area contributed by atoms with Crippen molar-refractivity contribution >= 4 is 29.3 Å². The molecule has 3 heterocycles. The molecule has 1 aliphatic rings. The Hall–Kier alpha value is -2.64. The SMILES string of the molecule is Cc1noc(C)c1CN1CCN(C(=O)c2cc(=O)c3ccccc3o2)CC1.Cl. The van der Waals surface area contributed by atoms with Crippen molar-refractivity contribution in [3.63, 3.8) is 0 Å². The Morgan fingerprint density at radius 2 is 1.86 bits per heavy atom. The van der Waals surface area contributed by atoms with Crippen LogP contribution < -0.4 is 5.43 Å². The average molecular weight is 404 g/mol. The van der Waals surface area contributed by atoms with Gasteiger partial charge in [0.2, 0.25) is 0 Å². The van der Waals surface area contributed by atoms with E-state index in [1.165, 1.54) is 6.07 Å². The van der Waals surface area contributed by atoms with Gasteiger partial charge in [0.15, 0.2) is 11.2 Å². The van der Waals surface area contributed by atoms with Crippen molar-refractivity contribution in [3.05, 3.63) is 63.3 Å². The number of hydrogen-bond acceptors (Lipinski definition) is 6. The maximum atomic E-state index is 12.8. The van der Waals surface area contributed by atoms with Crippen molar-refractivity contribution in [1.29, 1.82) is 0 Å². The van der Waals surface area contributed by atoms with Crippen molar-refractivity contribution in [2.24, 2.45) is 0 Å². The fraction of sp³-hybridized carbons (Fsp3) is 0.350. The van der Waals surface area contributed by atoms with Crippen LogP contribution in [0, 0.1) is 13.8 Å². The van der Waals surface area contributed by atoms with Crippen LogP contribution >= 0.6 is 12.4 Å². The maximum Gasteiger partial charge on any atom is 0.289 e. The second kappa shape index (κ2) is 8.16. The summed E-state index contributed by atoms with van der Waals surface area (Å²) in [7, 11) is 0. The van der Waals surface area contributed by atoms with E-state index in [1.54, 1.807) is 29.2 Å². The van der Waals surface area contributed by atoms with Gasteiger partial charge in [-0.1, -0.05) is 17.3 Å². The second-order valence-corrected chi connectivity index (χ2v) is 6.84. The summed E-state index contributed by atoms with van der Waals surface area (Å²) >= 11 is 0. The molecule has 1 aliphatic heterocycles. The fourth-order valence-corrected chi connectivity index (χ4v) is 3.43. The summed E-state index contributed by atoms with van der Waals surface area (Å²) < 4.78 is 10.9. The normalized spacial score (nSPS) is 14.9. The van der Waals surface area contributed by atoms with Crippen molar-refractivity contribution in [1.82, 2.24) is 15.0 Å². The lowest BCUT2D eigenvalue weighted by molar-refractivity contribution is 0.0597. The van der Waals surface area contributed by atoms with Crippen LogP contribution in [0.25, 0.3) is 11.0 Å². The number of aryl methyl sites for hydroxylation is 2. The van der Waals surface area contributed by atoms with Crippen LogP contribution in [0.15, 0.2) is 44.1 Å². The van der Waals surface area contributed by atoms with Crippen molar-refractivity contribution < 1.29 is 13.7 Å². The molecule has 0 unspecified atom stereocenters. The number of nitrogens with zero attached hydrogens (tertiary/aromatic N) is 3. The van der Waals surface area contributed by atoms with Crippen LogP contribution in [0.2, 0.25) is 0 Å². The summed E-state index contributed by atoms with van der Waals surface area (Å²) in [5, 5.41) is 4.47. The van der Waals surface area contributed by atoms with Crippen LogP contribution in [0.5, 0.6) is 0 Å². The van der Waals surface area contributed by atoms with Crippen LogP contribution in [-0.4, -0.2) is 47.0 Å². The molecule has 7 nitrogen and oxygen atoms in total. The van der Waals surface area contributed by atoms with Gasteiger partial charge in [0.05, 0.1) is 11.1 Å². The number of carbonyl (C=O) groups excluding carboxylic acids is 1. The topological polar surface area (TPSA) is 79.8 Å².